The number of hydrogen-bond acceptors (Lipinski definition) is 1. The van der Waals surface area contributed by atoms with Crippen LogP contribution in [-0.4, -0.2) is 6.04 Å². The van der Waals surface area contributed by atoms with E-state index in [4.69, 9.17) is 17.3 Å². The van der Waals surface area contributed by atoms with Crippen LogP contribution < -0.4 is 5.73 Å². The van der Waals surface area contributed by atoms with E-state index in [1.807, 2.05) is 32.0 Å². The van der Waals surface area contributed by atoms with Crippen LogP contribution in [0.1, 0.15) is 24.5 Å². The number of aryl methyl sites for hydroxylation is 1. The maximum atomic E-state index is 5.96. The monoisotopic (exact) mass is 207 g/mol. The highest BCUT2D eigenvalue weighted by atomic mass is 35.5. The molecule has 1 nitrogen and oxygen atoms in total. The highest BCUT2D eigenvalue weighted by molar-refractivity contribution is 6.31. The minimum Gasteiger partial charge on any atom is -0.318 e. The Morgan fingerprint density at radius 3 is 2.79 bits per heavy atom. The van der Waals surface area contributed by atoms with Gasteiger partial charge in [0.05, 0.1) is 6.04 Å². The van der Waals surface area contributed by atoms with Gasteiger partial charge in [-0.3, -0.25) is 0 Å². The van der Waals surface area contributed by atoms with Crippen molar-refractivity contribution < 1.29 is 0 Å². The zero-order chi connectivity index (χ0) is 10.6. The summed E-state index contributed by atoms with van der Waals surface area (Å²) in [4.78, 5) is 0. The van der Waals surface area contributed by atoms with E-state index in [1.54, 1.807) is 0 Å². The molecule has 0 spiro atoms. The van der Waals surface area contributed by atoms with Crippen molar-refractivity contribution in [1.82, 2.24) is 0 Å². The van der Waals surface area contributed by atoms with Crippen molar-refractivity contribution in [1.29, 1.82) is 0 Å². The van der Waals surface area contributed by atoms with Gasteiger partial charge < -0.3 is 5.73 Å². The Bertz CT molecular complexity index is 374. The molecule has 0 fully saturated rings. The third kappa shape index (κ3) is 3.06. The quantitative estimate of drug-likeness (QED) is 0.705. The van der Waals surface area contributed by atoms with Crippen LogP contribution in [0, 0.1) is 18.8 Å². The van der Waals surface area contributed by atoms with Gasteiger partial charge in [-0.2, -0.15) is 0 Å². The molecule has 0 heterocycles. The predicted octanol–water partition coefficient (Wildman–Crippen LogP) is 2.74. The lowest BCUT2D eigenvalue weighted by Gasteiger charge is -1.98. The van der Waals surface area contributed by atoms with Gasteiger partial charge in [0.1, 0.15) is 0 Å². The van der Waals surface area contributed by atoms with Gasteiger partial charge in [0, 0.05) is 10.6 Å². The van der Waals surface area contributed by atoms with E-state index < -0.39 is 0 Å². The average molecular weight is 208 g/mol. The fourth-order valence-corrected chi connectivity index (χ4v) is 1.13. The van der Waals surface area contributed by atoms with Crippen LogP contribution >= 0.6 is 11.6 Å². The Labute approximate surface area is 90.3 Å². The molecule has 0 amide bonds. The second kappa shape index (κ2) is 5.05. The molecular formula is C12H14ClN. The second-order valence-electron chi connectivity index (χ2n) is 3.25. The first kappa shape index (κ1) is 11.1. The summed E-state index contributed by atoms with van der Waals surface area (Å²) in [5, 5.41) is 0.752. The summed E-state index contributed by atoms with van der Waals surface area (Å²) >= 11 is 5.96. The van der Waals surface area contributed by atoms with E-state index in [0.717, 1.165) is 22.6 Å². The van der Waals surface area contributed by atoms with Crippen LogP contribution in [0.2, 0.25) is 5.02 Å². The van der Waals surface area contributed by atoms with Crippen molar-refractivity contribution in [2.45, 2.75) is 26.3 Å². The van der Waals surface area contributed by atoms with Crippen molar-refractivity contribution in [3.05, 3.63) is 34.3 Å². The summed E-state index contributed by atoms with van der Waals surface area (Å²) in [6.45, 7) is 3.98. The molecule has 0 saturated carbocycles. The van der Waals surface area contributed by atoms with E-state index in [2.05, 4.69) is 11.8 Å². The second-order valence-corrected chi connectivity index (χ2v) is 3.66. The molecule has 1 unspecified atom stereocenters. The van der Waals surface area contributed by atoms with Gasteiger partial charge in [0.2, 0.25) is 0 Å². The van der Waals surface area contributed by atoms with E-state index in [-0.39, 0.29) is 6.04 Å². The SMILES string of the molecule is CCC(N)C#Cc1ccc(C)c(Cl)c1. The molecule has 0 aliphatic rings. The van der Waals surface area contributed by atoms with Crippen LogP contribution in [0.25, 0.3) is 0 Å². The average Bonchev–Trinajstić information content (AvgIpc) is 2.19. The van der Waals surface area contributed by atoms with Crippen molar-refractivity contribution in [3.63, 3.8) is 0 Å². The van der Waals surface area contributed by atoms with E-state index in [1.165, 1.54) is 0 Å². The smallest absolute Gasteiger partial charge is 0.0665 e. The number of benzene rings is 1. The Hall–Kier alpha value is -0.970. The van der Waals surface area contributed by atoms with Crippen molar-refractivity contribution in [2.24, 2.45) is 5.73 Å². The first-order chi connectivity index (χ1) is 6.63. The molecule has 0 aliphatic heterocycles. The summed E-state index contributed by atoms with van der Waals surface area (Å²) in [5.41, 5.74) is 7.67. The Balaban J connectivity index is 2.86. The molecule has 1 aromatic rings. The molecule has 0 saturated heterocycles. The van der Waals surface area contributed by atoms with Gasteiger partial charge in [0.15, 0.2) is 0 Å². The molecule has 2 heteroatoms. The van der Waals surface area contributed by atoms with Gasteiger partial charge in [-0.05, 0) is 31.0 Å². The van der Waals surface area contributed by atoms with Gasteiger partial charge >= 0.3 is 0 Å². The normalized spacial score (nSPS) is 11.7. The number of nitrogens with two attached hydrogens (primary N) is 1. The Morgan fingerprint density at radius 2 is 2.21 bits per heavy atom. The maximum absolute atomic E-state index is 5.96. The minimum absolute atomic E-state index is 0.0462. The molecule has 1 rings (SSSR count). The highest BCUT2D eigenvalue weighted by Gasteiger charge is 1.95. The summed E-state index contributed by atoms with van der Waals surface area (Å²) in [7, 11) is 0. The molecule has 0 bridgehead atoms. The molecule has 2 N–H and O–H groups in total. The summed E-state index contributed by atoms with van der Waals surface area (Å²) in [6.07, 6.45) is 0.868. The first-order valence-electron chi connectivity index (χ1n) is 4.66. The van der Waals surface area contributed by atoms with Gasteiger partial charge in [-0.15, -0.1) is 0 Å². The van der Waals surface area contributed by atoms with Crippen LogP contribution in [-0.2, 0) is 0 Å². The Morgan fingerprint density at radius 1 is 1.50 bits per heavy atom. The Kier molecular flexibility index (Phi) is 4.00. The number of halogens is 1. The molecule has 0 radical (unpaired) electrons. The zero-order valence-electron chi connectivity index (χ0n) is 8.47. The van der Waals surface area contributed by atoms with Crippen LogP contribution in [0.15, 0.2) is 18.2 Å². The topological polar surface area (TPSA) is 26.0 Å². The summed E-state index contributed by atoms with van der Waals surface area (Å²) in [6, 6.07) is 5.74. The fraction of sp³-hybridized carbons (Fsp3) is 0.333. The van der Waals surface area contributed by atoms with Crippen LogP contribution in [0.5, 0.6) is 0 Å². The maximum Gasteiger partial charge on any atom is 0.0665 e. The molecule has 74 valence electrons. The predicted molar refractivity (Wildman–Crippen MR) is 61.3 cm³/mol. The molecule has 14 heavy (non-hydrogen) atoms. The third-order valence-electron chi connectivity index (χ3n) is 2.01. The third-order valence-corrected chi connectivity index (χ3v) is 2.42. The van der Waals surface area contributed by atoms with E-state index in [0.29, 0.717) is 0 Å². The van der Waals surface area contributed by atoms with Crippen molar-refractivity contribution >= 4 is 11.6 Å². The fourth-order valence-electron chi connectivity index (χ4n) is 0.949. The van der Waals surface area contributed by atoms with Crippen molar-refractivity contribution in [2.75, 3.05) is 0 Å². The van der Waals surface area contributed by atoms with Gasteiger partial charge in [-0.1, -0.05) is 36.4 Å². The lowest BCUT2D eigenvalue weighted by Crippen LogP contribution is -2.15. The minimum atomic E-state index is -0.0462. The molecular weight excluding hydrogens is 194 g/mol. The standard InChI is InChI=1S/C12H14ClN/c1-3-11(14)7-6-10-5-4-9(2)12(13)8-10/h4-5,8,11H,3,14H2,1-2H3. The van der Waals surface area contributed by atoms with Crippen molar-refractivity contribution in [3.8, 4) is 11.8 Å². The van der Waals surface area contributed by atoms with Gasteiger partial charge in [-0.25, -0.2) is 0 Å². The number of rotatable bonds is 1. The number of hydrogen-bond donors (Lipinski definition) is 1. The van der Waals surface area contributed by atoms with E-state index >= 15 is 0 Å². The lowest BCUT2D eigenvalue weighted by atomic mass is 10.1. The first-order valence-corrected chi connectivity index (χ1v) is 5.04. The molecule has 0 aromatic heterocycles. The van der Waals surface area contributed by atoms with E-state index in [9.17, 15) is 0 Å². The zero-order valence-corrected chi connectivity index (χ0v) is 9.23. The molecule has 1 aromatic carbocycles. The molecule has 0 aliphatic carbocycles. The largest absolute Gasteiger partial charge is 0.318 e. The lowest BCUT2D eigenvalue weighted by molar-refractivity contribution is 0.806. The molecule has 1 atom stereocenters. The summed E-state index contributed by atoms with van der Waals surface area (Å²) < 4.78 is 0. The van der Waals surface area contributed by atoms with Crippen LogP contribution in [0.4, 0.5) is 0 Å². The van der Waals surface area contributed by atoms with Crippen LogP contribution in [0.3, 0.4) is 0 Å². The summed E-state index contributed by atoms with van der Waals surface area (Å²) in [5.74, 6) is 5.97. The highest BCUT2D eigenvalue weighted by Crippen LogP contribution is 2.15. The van der Waals surface area contributed by atoms with Gasteiger partial charge in [0.25, 0.3) is 0 Å².